The van der Waals surface area contributed by atoms with Gasteiger partial charge in [0, 0.05) is 4.90 Å². The van der Waals surface area contributed by atoms with Gasteiger partial charge in [-0.15, -0.1) is 11.8 Å². The highest BCUT2D eigenvalue weighted by Crippen LogP contribution is 2.32. The van der Waals surface area contributed by atoms with Gasteiger partial charge in [-0.3, -0.25) is 0 Å². The van der Waals surface area contributed by atoms with Crippen LogP contribution in [0.3, 0.4) is 0 Å². The maximum absolute atomic E-state index is 12.6. The van der Waals surface area contributed by atoms with E-state index in [0.717, 1.165) is 23.9 Å². The van der Waals surface area contributed by atoms with Crippen molar-refractivity contribution in [2.45, 2.75) is 18.0 Å². The van der Waals surface area contributed by atoms with Crippen molar-refractivity contribution in [1.82, 2.24) is 0 Å². The summed E-state index contributed by atoms with van der Waals surface area (Å²) in [4.78, 5) is 11.8. The molecule has 0 heterocycles. The normalized spacial score (nSPS) is 11.4. The van der Waals surface area contributed by atoms with E-state index in [4.69, 9.17) is 0 Å². The molecule has 0 N–H and O–H groups in total. The summed E-state index contributed by atoms with van der Waals surface area (Å²) < 4.78 is 42.4. The first-order valence-corrected chi connectivity index (χ1v) is 6.04. The molecular formula is C11H11F3O2S. The molecule has 0 spiro atoms. The average molecular weight is 264 g/mol. The fourth-order valence-electron chi connectivity index (χ4n) is 1.21. The van der Waals surface area contributed by atoms with Gasteiger partial charge >= 0.3 is 12.1 Å². The topological polar surface area (TPSA) is 26.3 Å². The molecule has 1 aromatic carbocycles. The molecule has 0 saturated carbocycles. The highest BCUT2D eigenvalue weighted by atomic mass is 32.2. The van der Waals surface area contributed by atoms with E-state index < -0.39 is 17.7 Å². The lowest BCUT2D eigenvalue weighted by Gasteiger charge is -2.10. The van der Waals surface area contributed by atoms with Crippen molar-refractivity contribution >= 4 is 17.7 Å². The second kappa shape index (κ2) is 5.44. The predicted molar refractivity (Wildman–Crippen MR) is 59.2 cm³/mol. The minimum absolute atomic E-state index is 0.0778. The summed E-state index contributed by atoms with van der Waals surface area (Å²) in [7, 11) is 0. The van der Waals surface area contributed by atoms with Crippen LogP contribution in [0.15, 0.2) is 23.1 Å². The zero-order chi connectivity index (χ0) is 13.1. The van der Waals surface area contributed by atoms with Crippen molar-refractivity contribution in [1.29, 1.82) is 0 Å². The number of hydrogen-bond donors (Lipinski definition) is 0. The van der Waals surface area contributed by atoms with Gasteiger partial charge in [0.1, 0.15) is 0 Å². The lowest BCUT2D eigenvalue weighted by Crippen LogP contribution is -2.10. The molecule has 17 heavy (non-hydrogen) atoms. The van der Waals surface area contributed by atoms with Crippen molar-refractivity contribution in [3.63, 3.8) is 0 Å². The van der Waals surface area contributed by atoms with Crippen molar-refractivity contribution in [3.8, 4) is 0 Å². The van der Waals surface area contributed by atoms with Crippen LogP contribution in [0.2, 0.25) is 0 Å². The lowest BCUT2D eigenvalue weighted by molar-refractivity contribution is -0.137. The zero-order valence-electron chi connectivity index (χ0n) is 9.30. The summed E-state index contributed by atoms with van der Waals surface area (Å²) in [6, 6.07) is 3.20. The molecule has 0 fully saturated rings. The lowest BCUT2D eigenvalue weighted by atomic mass is 10.1. The van der Waals surface area contributed by atoms with E-state index in [2.05, 4.69) is 4.74 Å². The Morgan fingerprint density at radius 1 is 1.35 bits per heavy atom. The highest BCUT2D eigenvalue weighted by Gasteiger charge is 2.31. The van der Waals surface area contributed by atoms with Crippen LogP contribution in [0.4, 0.5) is 13.2 Å². The van der Waals surface area contributed by atoms with Crippen LogP contribution in [0.25, 0.3) is 0 Å². The molecule has 0 aliphatic rings. The number of rotatable bonds is 3. The summed E-state index contributed by atoms with van der Waals surface area (Å²) in [6.07, 6.45) is -2.82. The average Bonchev–Trinajstić information content (AvgIpc) is 2.27. The van der Waals surface area contributed by atoms with Gasteiger partial charge in [-0.05, 0) is 31.4 Å². The Morgan fingerprint density at radius 3 is 2.47 bits per heavy atom. The van der Waals surface area contributed by atoms with Crippen LogP contribution in [-0.2, 0) is 10.9 Å². The van der Waals surface area contributed by atoms with E-state index in [1.165, 1.54) is 6.07 Å². The Balaban J connectivity index is 3.19. The van der Waals surface area contributed by atoms with E-state index >= 15 is 0 Å². The molecule has 0 aliphatic carbocycles. The number of ether oxygens (including phenoxy) is 1. The molecule has 0 aliphatic heterocycles. The second-order valence-electron chi connectivity index (χ2n) is 3.17. The number of halogens is 3. The number of benzene rings is 1. The summed E-state index contributed by atoms with van der Waals surface area (Å²) in [5.41, 5.74) is -0.918. The third-order valence-electron chi connectivity index (χ3n) is 1.98. The van der Waals surface area contributed by atoms with Gasteiger partial charge in [-0.1, -0.05) is 0 Å². The minimum Gasteiger partial charge on any atom is -0.462 e. The number of alkyl halides is 3. The van der Waals surface area contributed by atoms with Crippen molar-refractivity contribution in [2.24, 2.45) is 0 Å². The molecular weight excluding hydrogens is 253 g/mol. The summed E-state index contributed by atoms with van der Waals surface area (Å²) in [5, 5.41) is 0. The van der Waals surface area contributed by atoms with Crippen LogP contribution < -0.4 is 0 Å². The second-order valence-corrected chi connectivity index (χ2v) is 4.05. The van der Waals surface area contributed by atoms with Crippen LogP contribution in [0.1, 0.15) is 22.8 Å². The highest BCUT2D eigenvalue weighted by molar-refractivity contribution is 7.98. The molecule has 6 heteroatoms. The van der Waals surface area contributed by atoms with E-state index in [1.54, 1.807) is 13.2 Å². The molecule has 0 saturated heterocycles. The SMILES string of the molecule is CCOC(=O)c1cc(SC)cc(C(F)(F)F)c1. The van der Waals surface area contributed by atoms with Crippen molar-refractivity contribution in [3.05, 3.63) is 29.3 Å². The molecule has 2 nitrogen and oxygen atoms in total. The van der Waals surface area contributed by atoms with Gasteiger partial charge in [-0.25, -0.2) is 4.79 Å². The van der Waals surface area contributed by atoms with E-state index in [0.29, 0.717) is 4.90 Å². The minimum atomic E-state index is -4.47. The third-order valence-corrected chi connectivity index (χ3v) is 2.69. The largest absolute Gasteiger partial charge is 0.462 e. The number of thioether (sulfide) groups is 1. The molecule has 0 amide bonds. The standard InChI is InChI=1S/C11H11F3O2S/c1-3-16-10(15)7-4-8(11(12,13)14)6-9(5-7)17-2/h4-6H,3H2,1-2H3. The summed E-state index contributed by atoms with van der Waals surface area (Å²) in [5.74, 6) is -0.742. The van der Waals surface area contributed by atoms with Crippen LogP contribution in [-0.4, -0.2) is 18.8 Å². The molecule has 94 valence electrons. The first-order chi connectivity index (χ1) is 7.88. The fourth-order valence-corrected chi connectivity index (χ4v) is 1.70. The van der Waals surface area contributed by atoms with Gasteiger partial charge in [0.15, 0.2) is 0 Å². The van der Waals surface area contributed by atoms with Gasteiger partial charge in [-0.2, -0.15) is 13.2 Å². The fraction of sp³-hybridized carbons (Fsp3) is 0.364. The Bertz CT molecular complexity index is 416. The smallest absolute Gasteiger partial charge is 0.416 e. The molecule has 0 bridgehead atoms. The number of hydrogen-bond acceptors (Lipinski definition) is 3. The van der Waals surface area contributed by atoms with Crippen LogP contribution in [0, 0.1) is 0 Å². The molecule has 0 radical (unpaired) electrons. The number of carbonyl (C=O) groups is 1. The van der Waals surface area contributed by atoms with Crippen molar-refractivity contribution in [2.75, 3.05) is 12.9 Å². The monoisotopic (exact) mass is 264 g/mol. The summed E-state index contributed by atoms with van der Waals surface area (Å²) in [6.45, 7) is 1.73. The maximum Gasteiger partial charge on any atom is 0.416 e. The number of esters is 1. The molecule has 0 aromatic heterocycles. The first kappa shape index (κ1) is 13.9. The molecule has 1 rings (SSSR count). The number of carbonyl (C=O) groups excluding carboxylic acids is 1. The van der Waals surface area contributed by atoms with Gasteiger partial charge in [0.25, 0.3) is 0 Å². The Hall–Kier alpha value is -1.17. The van der Waals surface area contributed by atoms with Crippen LogP contribution >= 0.6 is 11.8 Å². The van der Waals surface area contributed by atoms with Crippen LogP contribution in [0.5, 0.6) is 0 Å². The Kier molecular flexibility index (Phi) is 4.45. The van der Waals surface area contributed by atoms with E-state index in [9.17, 15) is 18.0 Å². The van der Waals surface area contributed by atoms with E-state index in [1.807, 2.05) is 0 Å². The quantitative estimate of drug-likeness (QED) is 0.616. The van der Waals surface area contributed by atoms with Gasteiger partial charge in [0.05, 0.1) is 17.7 Å². The Morgan fingerprint density at radius 2 is 2.00 bits per heavy atom. The molecule has 0 unspecified atom stereocenters. The van der Waals surface area contributed by atoms with Gasteiger partial charge in [0.2, 0.25) is 0 Å². The third kappa shape index (κ3) is 3.66. The van der Waals surface area contributed by atoms with Gasteiger partial charge < -0.3 is 4.74 Å². The Labute approximate surface area is 101 Å². The first-order valence-electron chi connectivity index (χ1n) is 4.82. The van der Waals surface area contributed by atoms with Crippen molar-refractivity contribution < 1.29 is 22.7 Å². The predicted octanol–water partition coefficient (Wildman–Crippen LogP) is 3.60. The maximum atomic E-state index is 12.6. The zero-order valence-corrected chi connectivity index (χ0v) is 10.1. The van der Waals surface area contributed by atoms with E-state index in [-0.39, 0.29) is 12.2 Å². The summed E-state index contributed by atoms with van der Waals surface area (Å²) >= 11 is 1.14. The molecule has 1 aromatic rings. The molecule has 0 atom stereocenters.